The third-order valence-corrected chi connectivity index (χ3v) is 3.74. The summed E-state index contributed by atoms with van der Waals surface area (Å²) < 4.78 is 19.3. The molecule has 0 amide bonds. The van der Waals surface area contributed by atoms with Crippen LogP contribution in [0.25, 0.3) is 0 Å². The first kappa shape index (κ1) is 14.2. The zero-order chi connectivity index (χ0) is 13.8. The Morgan fingerprint density at radius 2 is 2.00 bits per heavy atom. The molecule has 1 fully saturated rings. The predicted octanol–water partition coefficient (Wildman–Crippen LogP) is 3.16. The van der Waals surface area contributed by atoms with Crippen LogP contribution in [0.3, 0.4) is 0 Å². The monoisotopic (exact) mass is 267 g/mol. The summed E-state index contributed by atoms with van der Waals surface area (Å²) in [6.07, 6.45) is 5.77. The number of hydrogen-bond acceptors (Lipinski definition) is 4. The highest BCUT2D eigenvalue weighted by molar-refractivity contribution is 5.32. The molecule has 1 aliphatic rings. The molecule has 0 bridgehead atoms. The van der Waals surface area contributed by atoms with E-state index in [1.165, 1.54) is 19.3 Å². The van der Waals surface area contributed by atoms with Crippen LogP contribution in [0, 0.1) is 18.7 Å². The first-order valence-corrected chi connectivity index (χ1v) is 7.04. The highest BCUT2D eigenvalue weighted by atomic mass is 19.1. The largest absolute Gasteiger partial charge is 0.381 e. The summed E-state index contributed by atoms with van der Waals surface area (Å²) in [6, 6.07) is 0. The molecule has 2 rings (SSSR count). The third kappa shape index (κ3) is 3.21. The van der Waals surface area contributed by atoms with E-state index in [0.29, 0.717) is 24.0 Å². The van der Waals surface area contributed by atoms with Crippen molar-refractivity contribution in [3.8, 4) is 0 Å². The number of rotatable bonds is 4. The zero-order valence-corrected chi connectivity index (χ0v) is 11.7. The molecule has 1 heterocycles. The van der Waals surface area contributed by atoms with Crippen LogP contribution in [0.1, 0.15) is 56.7 Å². The van der Waals surface area contributed by atoms with E-state index in [2.05, 4.69) is 9.97 Å². The van der Waals surface area contributed by atoms with Gasteiger partial charge >= 0.3 is 0 Å². The van der Waals surface area contributed by atoms with Crippen LogP contribution in [-0.2, 0) is 4.74 Å². The van der Waals surface area contributed by atoms with Gasteiger partial charge in [0.2, 0.25) is 0 Å². The Kier molecular flexibility index (Phi) is 4.69. The Morgan fingerprint density at radius 1 is 1.32 bits per heavy atom. The van der Waals surface area contributed by atoms with Crippen molar-refractivity contribution in [1.29, 1.82) is 0 Å². The number of nitrogens with zero attached hydrogens (tertiary/aromatic N) is 2. The van der Waals surface area contributed by atoms with E-state index in [4.69, 9.17) is 10.5 Å². The Morgan fingerprint density at radius 3 is 2.58 bits per heavy atom. The molecule has 0 radical (unpaired) electrons. The van der Waals surface area contributed by atoms with E-state index in [0.717, 1.165) is 12.8 Å². The molecule has 1 saturated carbocycles. The SMILES string of the molecule is CCOC(c1nc(C)c(F)c(N)n1)C1CCCCC1. The van der Waals surface area contributed by atoms with E-state index < -0.39 is 5.82 Å². The Labute approximate surface area is 113 Å². The number of aromatic nitrogens is 2. The fourth-order valence-electron chi connectivity index (χ4n) is 2.77. The molecule has 2 N–H and O–H groups in total. The number of anilines is 1. The number of nitrogen functional groups attached to an aromatic ring is 1. The van der Waals surface area contributed by atoms with Gasteiger partial charge in [0.15, 0.2) is 17.5 Å². The van der Waals surface area contributed by atoms with Crippen LogP contribution in [0.4, 0.5) is 10.2 Å². The van der Waals surface area contributed by atoms with Crippen molar-refractivity contribution in [1.82, 2.24) is 9.97 Å². The standard InChI is InChI=1S/C14H22FN3O/c1-3-19-12(10-7-5-4-6-8-10)14-17-9(2)11(15)13(16)18-14/h10,12H,3-8H2,1-2H3,(H2,16,17,18). The van der Waals surface area contributed by atoms with Gasteiger partial charge in [0.1, 0.15) is 6.10 Å². The minimum absolute atomic E-state index is 0.0805. The number of ether oxygens (including phenoxy) is 1. The van der Waals surface area contributed by atoms with Crippen molar-refractivity contribution < 1.29 is 9.13 Å². The Hall–Kier alpha value is -1.23. The second kappa shape index (κ2) is 6.28. The molecule has 0 saturated heterocycles. The first-order chi connectivity index (χ1) is 9.13. The Balaban J connectivity index is 2.27. The van der Waals surface area contributed by atoms with E-state index >= 15 is 0 Å². The zero-order valence-electron chi connectivity index (χ0n) is 11.7. The van der Waals surface area contributed by atoms with Crippen molar-refractivity contribution in [2.75, 3.05) is 12.3 Å². The lowest BCUT2D eigenvalue weighted by Crippen LogP contribution is -2.22. The molecule has 1 aliphatic carbocycles. The molecule has 0 spiro atoms. The molecule has 0 aromatic carbocycles. The van der Waals surface area contributed by atoms with Crippen molar-refractivity contribution in [3.63, 3.8) is 0 Å². The third-order valence-electron chi connectivity index (χ3n) is 3.74. The fourth-order valence-corrected chi connectivity index (χ4v) is 2.77. The lowest BCUT2D eigenvalue weighted by atomic mass is 9.85. The van der Waals surface area contributed by atoms with Crippen LogP contribution in [-0.4, -0.2) is 16.6 Å². The molecule has 106 valence electrons. The number of halogens is 1. The second-order valence-electron chi connectivity index (χ2n) is 5.14. The maximum absolute atomic E-state index is 13.5. The summed E-state index contributed by atoms with van der Waals surface area (Å²) in [5, 5.41) is 0. The van der Waals surface area contributed by atoms with Gasteiger partial charge < -0.3 is 10.5 Å². The topological polar surface area (TPSA) is 61.0 Å². The van der Waals surface area contributed by atoms with Gasteiger partial charge in [0.05, 0.1) is 5.69 Å². The molecule has 1 aromatic rings. The summed E-state index contributed by atoms with van der Waals surface area (Å²) in [4.78, 5) is 8.33. The minimum Gasteiger partial charge on any atom is -0.381 e. The molecule has 1 unspecified atom stereocenters. The molecular formula is C14H22FN3O. The quantitative estimate of drug-likeness (QED) is 0.910. The normalized spacial score (nSPS) is 18.5. The van der Waals surface area contributed by atoms with Crippen molar-refractivity contribution in [2.24, 2.45) is 5.92 Å². The molecular weight excluding hydrogens is 245 g/mol. The highest BCUT2D eigenvalue weighted by Gasteiger charge is 2.28. The summed E-state index contributed by atoms with van der Waals surface area (Å²) >= 11 is 0. The van der Waals surface area contributed by atoms with Gasteiger partial charge in [-0.3, -0.25) is 0 Å². The highest BCUT2D eigenvalue weighted by Crippen LogP contribution is 2.36. The second-order valence-corrected chi connectivity index (χ2v) is 5.14. The van der Waals surface area contributed by atoms with Gasteiger partial charge in [-0.2, -0.15) is 0 Å². The number of hydrogen-bond donors (Lipinski definition) is 1. The van der Waals surface area contributed by atoms with Crippen molar-refractivity contribution in [2.45, 2.75) is 52.1 Å². The molecule has 0 aliphatic heterocycles. The van der Waals surface area contributed by atoms with E-state index in [9.17, 15) is 4.39 Å². The van der Waals surface area contributed by atoms with E-state index in [1.54, 1.807) is 6.92 Å². The fraction of sp³-hybridized carbons (Fsp3) is 0.714. The average molecular weight is 267 g/mol. The number of aryl methyl sites for hydroxylation is 1. The summed E-state index contributed by atoms with van der Waals surface area (Å²) in [7, 11) is 0. The van der Waals surface area contributed by atoms with Crippen LogP contribution >= 0.6 is 0 Å². The molecule has 5 heteroatoms. The predicted molar refractivity (Wildman–Crippen MR) is 72.1 cm³/mol. The van der Waals surface area contributed by atoms with Crippen molar-refractivity contribution >= 4 is 5.82 Å². The molecule has 1 atom stereocenters. The minimum atomic E-state index is -0.525. The summed E-state index contributed by atoms with van der Waals surface area (Å²) in [5.74, 6) is 0.341. The van der Waals surface area contributed by atoms with Gasteiger partial charge in [0, 0.05) is 6.61 Å². The van der Waals surface area contributed by atoms with Crippen LogP contribution in [0.2, 0.25) is 0 Å². The number of nitrogens with two attached hydrogens (primary N) is 1. The first-order valence-electron chi connectivity index (χ1n) is 7.04. The van der Waals surface area contributed by atoms with Crippen molar-refractivity contribution in [3.05, 3.63) is 17.3 Å². The van der Waals surface area contributed by atoms with Crippen LogP contribution in [0.15, 0.2) is 0 Å². The maximum atomic E-state index is 13.5. The molecule has 4 nitrogen and oxygen atoms in total. The van der Waals surface area contributed by atoms with E-state index in [-0.39, 0.29) is 11.9 Å². The van der Waals surface area contributed by atoms with Gasteiger partial charge in [-0.15, -0.1) is 0 Å². The van der Waals surface area contributed by atoms with Gasteiger partial charge in [-0.25, -0.2) is 14.4 Å². The van der Waals surface area contributed by atoms with Gasteiger partial charge in [-0.05, 0) is 32.6 Å². The van der Waals surface area contributed by atoms with E-state index in [1.807, 2.05) is 6.92 Å². The lowest BCUT2D eigenvalue weighted by molar-refractivity contribution is -0.000298. The Bertz CT molecular complexity index is 410. The summed E-state index contributed by atoms with van der Waals surface area (Å²) in [6.45, 7) is 4.16. The van der Waals surface area contributed by atoms with Gasteiger partial charge in [0.25, 0.3) is 0 Å². The smallest absolute Gasteiger partial charge is 0.186 e. The lowest BCUT2D eigenvalue weighted by Gasteiger charge is -2.29. The summed E-state index contributed by atoms with van der Waals surface area (Å²) in [5.41, 5.74) is 5.90. The van der Waals surface area contributed by atoms with Gasteiger partial charge in [-0.1, -0.05) is 19.3 Å². The van der Waals surface area contributed by atoms with Crippen LogP contribution in [0.5, 0.6) is 0 Å². The van der Waals surface area contributed by atoms with Crippen LogP contribution < -0.4 is 5.73 Å². The molecule has 1 aromatic heterocycles. The maximum Gasteiger partial charge on any atom is 0.186 e. The average Bonchev–Trinajstić information content (AvgIpc) is 2.42. The molecule has 19 heavy (non-hydrogen) atoms.